The number of nitrogens with zero attached hydrogens (tertiary/aromatic N) is 5. The first-order valence-corrected chi connectivity index (χ1v) is 5.31. The molecule has 0 bridgehead atoms. The van der Waals surface area contributed by atoms with Crippen LogP contribution < -0.4 is 16.6 Å². The van der Waals surface area contributed by atoms with Crippen LogP contribution in [0.3, 0.4) is 0 Å². The van der Waals surface area contributed by atoms with Crippen molar-refractivity contribution in [2.75, 3.05) is 10.7 Å². The molecule has 1 amide bonds. The van der Waals surface area contributed by atoms with Gasteiger partial charge in [-0.1, -0.05) is 0 Å². The van der Waals surface area contributed by atoms with E-state index in [9.17, 15) is 4.79 Å². The molecule has 0 aliphatic carbocycles. The number of nitrogen functional groups attached to an aromatic ring is 1. The summed E-state index contributed by atoms with van der Waals surface area (Å²) >= 11 is 0. The van der Waals surface area contributed by atoms with Crippen LogP contribution in [0.1, 0.15) is 20.8 Å². The molecule has 2 aromatic rings. The van der Waals surface area contributed by atoms with Crippen molar-refractivity contribution >= 4 is 29.0 Å². The molecular formula is C9H13N7O3. The van der Waals surface area contributed by atoms with Crippen LogP contribution in [-0.2, 0) is 4.74 Å². The van der Waals surface area contributed by atoms with Crippen LogP contribution in [0.2, 0.25) is 0 Å². The molecule has 0 spiro atoms. The fourth-order valence-electron chi connectivity index (χ4n) is 1.22. The van der Waals surface area contributed by atoms with Crippen molar-refractivity contribution in [1.29, 1.82) is 0 Å². The van der Waals surface area contributed by atoms with Crippen LogP contribution in [0.15, 0.2) is 4.63 Å². The largest absolute Gasteiger partial charge is 0.442 e. The van der Waals surface area contributed by atoms with Gasteiger partial charge < -0.3 is 10.5 Å². The van der Waals surface area contributed by atoms with Gasteiger partial charge in [-0.15, -0.1) is 0 Å². The summed E-state index contributed by atoms with van der Waals surface area (Å²) < 4.78 is 9.52. The van der Waals surface area contributed by atoms with Crippen LogP contribution in [0.5, 0.6) is 0 Å². The first-order valence-electron chi connectivity index (χ1n) is 5.31. The van der Waals surface area contributed by atoms with E-state index in [4.69, 9.17) is 16.3 Å². The molecule has 19 heavy (non-hydrogen) atoms. The SMILES string of the molecule is CC(C)(C)OC(=O)N(N)c1nc2nonc2nc1N. The maximum absolute atomic E-state index is 11.8. The first kappa shape index (κ1) is 13.0. The summed E-state index contributed by atoms with van der Waals surface area (Å²) in [4.78, 5) is 19.6. The van der Waals surface area contributed by atoms with Crippen molar-refractivity contribution in [2.45, 2.75) is 26.4 Å². The lowest BCUT2D eigenvalue weighted by molar-refractivity contribution is 0.0579. The Morgan fingerprint density at radius 2 is 1.84 bits per heavy atom. The molecule has 2 heterocycles. The normalized spacial score (nSPS) is 11.6. The highest BCUT2D eigenvalue weighted by atomic mass is 16.6. The molecule has 0 radical (unpaired) electrons. The third-order valence-electron chi connectivity index (χ3n) is 1.94. The highest BCUT2D eigenvalue weighted by Gasteiger charge is 2.25. The van der Waals surface area contributed by atoms with Gasteiger partial charge in [0.1, 0.15) is 5.60 Å². The molecule has 2 rings (SSSR count). The summed E-state index contributed by atoms with van der Waals surface area (Å²) in [6, 6.07) is 0. The molecule has 0 aliphatic heterocycles. The number of ether oxygens (including phenoxy) is 1. The second-order valence-electron chi connectivity index (χ2n) is 4.69. The fraction of sp³-hybridized carbons (Fsp3) is 0.444. The fourth-order valence-corrected chi connectivity index (χ4v) is 1.22. The van der Waals surface area contributed by atoms with Gasteiger partial charge in [0.05, 0.1) is 0 Å². The molecule has 0 saturated carbocycles. The zero-order chi connectivity index (χ0) is 14.2. The predicted molar refractivity (Wildman–Crippen MR) is 64.7 cm³/mol. The van der Waals surface area contributed by atoms with Gasteiger partial charge in [-0.2, -0.15) is 9.99 Å². The average Bonchev–Trinajstić information content (AvgIpc) is 2.71. The molecule has 0 unspecified atom stereocenters. The second-order valence-corrected chi connectivity index (χ2v) is 4.69. The Morgan fingerprint density at radius 3 is 2.42 bits per heavy atom. The van der Waals surface area contributed by atoms with Crippen molar-refractivity contribution in [1.82, 2.24) is 20.3 Å². The van der Waals surface area contributed by atoms with Crippen LogP contribution >= 0.6 is 0 Å². The molecule has 0 saturated heterocycles. The predicted octanol–water partition coefficient (Wildman–Crippen LogP) is 0.210. The van der Waals surface area contributed by atoms with Gasteiger partial charge in [0, 0.05) is 0 Å². The van der Waals surface area contributed by atoms with Crippen molar-refractivity contribution < 1.29 is 14.2 Å². The summed E-state index contributed by atoms with van der Waals surface area (Å²) in [6.45, 7) is 5.12. The molecule has 102 valence electrons. The number of amides is 1. The Hall–Kier alpha value is -2.49. The molecule has 0 fully saturated rings. The lowest BCUT2D eigenvalue weighted by atomic mass is 10.2. The third kappa shape index (κ3) is 2.68. The minimum atomic E-state index is -0.815. The van der Waals surface area contributed by atoms with E-state index in [1.165, 1.54) is 0 Å². The van der Waals surface area contributed by atoms with E-state index < -0.39 is 11.7 Å². The lowest BCUT2D eigenvalue weighted by Gasteiger charge is -2.23. The van der Waals surface area contributed by atoms with Gasteiger partial charge in [-0.05, 0) is 31.1 Å². The summed E-state index contributed by atoms with van der Waals surface area (Å²) in [5.41, 5.74) is 5.15. The van der Waals surface area contributed by atoms with E-state index in [2.05, 4.69) is 24.9 Å². The van der Waals surface area contributed by atoms with Crippen LogP contribution in [0.25, 0.3) is 11.3 Å². The minimum absolute atomic E-state index is 0.0857. The monoisotopic (exact) mass is 267 g/mol. The molecule has 4 N–H and O–H groups in total. The van der Waals surface area contributed by atoms with Gasteiger partial charge in [0.15, 0.2) is 11.6 Å². The van der Waals surface area contributed by atoms with Gasteiger partial charge >= 0.3 is 6.09 Å². The van der Waals surface area contributed by atoms with E-state index in [1.54, 1.807) is 20.8 Å². The number of hydrogen-bond acceptors (Lipinski definition) is 9. The smallest absolute Gasteiger partial charge is 0.430 e. The van der Waals surface area contributed by atoms with Crippen molar-refractivity contribution in [3.8, 4) is 0 Å². The first-order chi connectivity index (χ1) is 8.78. The Balaban J connectivity index is 2.32. The number of fused-ring (bicyclic) bond motifs is 1. The number of anilines is 2. The number of nitrogens with two attached hydrogens (primary N) is 2. The van der Waals surface area contributed by atoms with E-state index in [0.717, 1.165) is 0 Å². The second kappa shape index (κ2) is 4.31. The number of hydrogen-bond donors (Lipinski definition) is 2. The number of carbonyl (C=O) groups excluding carboxylic acids is 1. The van der Waals surface area contributed by atoms with Gasteiger partial charge in [0.2, 0.25) is 11.3 Å². The highest BCUT2D eigenvalue weighted by Crippen LogP contribution is 2.20. The Morgan fingerprint density at radius 1 is 1.26 bits per heavy atom. The summed E-state index contributed by atoms with van der Waals surface area (Å²) in [7, 11) is 0. The Labute approximate surface area is 107 Å². The molecule has 2 aromatic heterocycles. The summed E-state index contributed by atoms with van der Waals surface area (Å²) in [5, 5.41) is 7.61. The average molecular weight is 267 g/mol. The highest BCUT2D eigenvalue weighted by molar-refractivity contribution is 5.89. The van der Waals surface area contributed by atoms with Crippen molar-refractivity contribution in [3.63, 3.8) is 0 Å². The topological polar surface area (TPSA) is 146 Å². The van der Waals surface area contributed by atoms with E-state index in [-0.39, 0.29) is 22.9 Å². The van der Waals surface area contributed by atoms with Crippen LogP contribution in [0.4, 0.5) is 16.4 Å². The van der Waals surface area contributed by atoms with Gasteiger partial charge in [0.25, 0.3) is 0 Å². The minimum Gasteiger partial charge on any atom is -0.442 e. The molecule has 0 aliphatic rings. The van der Waals surface area contributed by atoms with Crippen molar-refractivity contribution in [2.24, 2.45) is 5.84 Å². The lowest BCUT2D eigenvalue weighted by Crippen LogP contribution is -2.42. The van der Waals surface area contributed by atoms with Gasteiger partial charge in [-0.25, -0.2) is 20.3 Å². The Bertz CT molecular complexity index is 618. The molecule has 0 aromatic carbocycles. The quantitative estimate of drug-likeness (QED) is 0.420. The molecule has 0 atom stereocenters. The number of aromatic nitrogens is 4. The third-order valence-corrected chi connectivity index (χ3v) is 1.94. The number of hydrazine groups is 1. The van der Waals surface area contributed by atoms with Crippen LogP contribution in [0, 0.1) is 0 Å². The standard InChI is InChI=1S/C9H13N7O3/c1-9(2,3)18-8(17)16(11)7-4(10)12-5-6(13-7)15-19-14-5/h11H2,1-3H3,(H2,10,12,14). The summed E-state index contributed by atoms with van der Waals surface area (Å²) in [6.07, 6.45) is -0.815. The molecule has 10 heteroatoms. The molecular weight excluding hydrogens is 254 g/mol. The maximum atomic E-state index is 11.8. The zero-order valence-corrected chi connectivity index (χ0v) is 10.6. The van der Waals surface area contributed by atoms with E-state index in [0.29, 0.717) is 5.01 Å². The number of carbonyl (C=O) groups is 1. The van der Waals surface area contributed by atoms with Crippen LogP contribution in [-0.4, -0.2) is 32.0 Å². The van der Waals surface area contributed by atoms with E-state index in [1.807, 2.05) is 0 Å². The van der Waals surface area contributed by atoms with Gasteiger partial charge in [-0.3, -0.25) is 0 Å². The Kier molecular flexibility index (Phi) is 2.94. The van der Waals surface area contributed by atoms with E-state index >= 15 is 0 Å². The van der Waals surface area contributed by atoms with Crippen molar-refractivity contribution in [3.05, 3.63) is 0 Å². The maximum Gasteiger partial charge on any atom is 0.430 e. The summed E-state index contributed by atoms with van der Waals surface area (Å²) in [5.74, 6) is 5.43. The zero-order valence-electron chi connectivity index (χ0n) is 10.6. The number of rotatable bonds is 1. The molecule has 10 nitrogen and oxygen atoms in total.